The van der Waals surface area contributed by atoms with Gasteiger partial charge in [0.2, 0.25) is 11.8 Å². The van der Waals surface area contributed by atoms with Gasteiger partial charge in [-0.1, -0.05) is 12.1 Å². The molecule has 24 heavy (non-hydrogen) atoms. The van der Waals surface area contributed by atoms with Crippen LogP contribution in [0.4, 0.5) is 4.39 Å². The highest BCUT2D eigenvalue weighted by molar-refractivity contribution is 5.78. The summed E-state index contributed by atoms with van der Waals surface area (Å²) >= 11 is 0. The Balaban J connectivity index is 1.54. The molecular weight excluding hydrogens is 311 g/mol. The normalized spacial score (nSPS) is 24.5. The number of piperidine rings is 1. The van der Waals surface area contributed by atoms with Gasteiger partial charge in [0.15, 0.2) is 0 Å². The number of amides is 2. The third-order valence-electron chi connectivity index (χ3n) is 4.91. The predicted octanol–water partition coefficient (Wildman–Crippen LogP) is 1.46. The van der Waals surface area contributed by atoms with Gasteiger partial charge in [0.25, 0.3) is 0 Å². The van der Waals surface area contributed by atoms with Crippen LogP contribution >= 0.6 is 0 Å². The summed E-state index contributed by atoms with van der Waals surface area (Å²) in [6.07, 6.45) is 1.85. The average Bonchev–Trinajstić information content (AvgIpc) is 2.72. The van der Waals surface area contributed by atoms with Gasteiger partial charge in [0, 0.05) is 39.0 Å². The van der Waals surface area contributed by atoms with Gasteiger partial charge in [-0.15, -0.1) is 0 Å². The lowest BCUT2D eigenvalue weighted by Crippen LogP contribution is -2.48. The Kier molecular flexibility index (Phi) is 5.14. The van der Waals surface area contributed by atoms with Gasteiger partial charge in [-0.25, -0.2) is 4.39 Å². The van der Waals surface area contributed by atoms with E-state index in [1.807, 2.05) is 4.90 Å². The molecule has 1 aromatic carbocycles. The van der Waals surface area contributed by atoms with E-state index >= 15 is 0 Å². The monoisotopic (exact) mass is 334 g/mol. The molecule has 6 heteroatoms. The van der Waals surface area contributed by atoms with Crippen LogP contribution in [0.1, 0.15) is 18.4 Å². The van der Waals surface area contributed by atoms with Crippen molar-refractivity contribution in [2.24, 2.45) is 5.92 Å². The Bertz CT molecular complexity index is 605. The summed E-state index contributed by atoms with van der Waals surface area (Å²) in [7, 11) is 1.78. The second kappa shape index (κ2) is 7.30. The Morgan fingerprint density at radius 3 is 2.79 bits per heavy atom. The maximum Gasteiger partial charge on any atom is 0.248 e. The minimum atomic E-state index is -0.265. The summed E-state index contributed by atoms with van der Waals surface area (Å²) in [6.45, 7) is 2.06. The maximum atomic E-state index is 12.9. The third-order valence-corrected chi connectivity index (χ3v) is 4.91. The summed E-state index contributed by atoms with van der Waals surface area (Å²) in [5.74, 6) is 0.0127. The second-order valence-corrected chi connectivity index (χ2v) is 6.64. The van der Waals surface area contributed by atoms with Gasteiger partial charge in [0.1, 0.15) is 12.4 Å². The number of likely N-dealkylation sites (tertiary alicyclic amines) is 1. The fourth-order valence-corrected chi connectivity index (χ4v) is 3.43. The van der Waals surface area contributed by atoms with Crippen LogP contribution in [0.2, 0.25) is 0 Å². The van der Waals surface area contributed by atoms with E-state index in [2.05, 4.69) is 0 Å². The van der Waals surface area contributed by atoms with Gasteiger partial charge < -0.3 is 14.5 Å². The number of likely N-dealkylation sites (N-methyl/N-ethyl adjacent to an activating group) is 1. The number of carbonyl (C=O) groups is 2. The lowest BCUT2D eigenvalue weighted by Gasteiger charge is -2.37. The molecule has 2 aliphatic heterocycles. The zero-order valence-corrected chi connectivity index (χ0v) is 13.9. The molecule has 0 spiro atoms. The summed E-state index contributed by atoms with van der Waals surface area (Å²) in [6, 6.07) is 6.27. The van der Waals surface area contributed by atoms with E-state index in [-0.39, 0.29) is 36.3 Å². The minimum Gasteiger partial charge on any atom is -0.368 e. The van der Waals surface area contributed by atoms with Crippen LogP contribution in [0, 0.1) is 11.7 Å². The highest BCUT2D eigenvalue weighted by atomic mass is 19.1. The number of nitrogens with zero attached hydrogens (tertiary/aromatic N) is 2. The first-order valence-electron chi connectivity index (χ1n) is 8.40. The molecule has 2 atom stereocenters. The molecule has 0 N–H and O–H groups in total. The highest BCUT2D eigenvalue weighted by Crippen LogP contribution is 2.24. The lowest BCUT2D eigenvalue weighted by molar-refractivity contribution is -0.137. The Morgan fingerprint density at radius 2 is 2.04 bits per heavy atom. The predicted molar refractivity (Wildman–Crippen MR) is 86.8 cm³/mol. The molecule has 1 aromatic rings. The number of fused-ring (bicyclic) bond motifs is 1. The lowest BCUT2D eigenvalue weighted by atomic mass is 9.93. The summed E-state index contributed by atoms with van der Waals surface area (Å²) in [5, 5.41) is 0. The third kappa shape index (κ3) is 3.93. The van der Waals surface area contributed by atoms with Crippen LogP contribution in [-0.2, 0) is 20.7 Å². The number of hydrogen-bond donors (Lipinski definition) is 0. The number of halogens is 1. The smallest absolute Gasteiger partial charge is 0.248 e. The zero-order valence-electron chi connectivity index (χ0n) is 13.9. The molecular formula is C18H23FN2O3. The fourth-order valence-electron chi connectivity index (χ4n) is 3.43. The van der Waals surface area contributed by atoms with Crippen molar-refractivity contribution in [2.75, 3.05) is 33.3 Å². The van der Waals surface area contributed by atoms with Crippen LogP contribution in [0.3, 0.4) is 0 Å². The molecule has 3 rings (SSSR count). The van der Waals surface area contributed by atoms with Crippen molar-refractivity contribution in [2.45, 2.75) is 25.4 Å². The summed E-state index contributed by atoms with van der Waals surface area (Å²) in [4.78, 5) is 27.8. The number of ether oxygens (including phenoxy) is 1. The molecule has 2 saturated heterocycles. The number of hydrogen-bond acceptors (Lipinski definition) is 3. The number of rotatable bonds is 3. The van der Waals surface area contributed by atoms with Crippen LogP contribution in [0.5, 0.6) is 0 Å². The van der Waals surface area contributed by atoms with Crippen LogP contribution in [0.25, 0.3) is 0 Å². The van der Waals surface area contributed by atoms with Crippen molar-refractivity contribution in [3.63, 3.8) is 0 Å². The van der Waals surface area contributed by atoms with Crippen molar-refractivity contribution in [1.82, 2.24) is 9.80 Å². The van der Waals surface area contributed by atoms with Gasteiger partial charge in [0.05, 0.1) is 6.10 Å². The summed E-state index contributed by atoms with van der Waals surface area (Å²) < 4.78 is 18.6. The van der Waals surface area contributed by atoms with Gasteiger partial charge in [-0.05, 0) is 30.5 Å². The van der Waals surface area contributed by atoms with E-state index < -0.39 is 0 Å². The molecule has 2 amide bonds. The van der Waals surface area contributed by atoms with Crippen LogP contribution in [0.15, 0.2) is 24.3 Å². The second-order valence-electron chi connectivity index (χ2n) is 6.64. The van der Waals surface area contributed by atoms with Crippen molar-refractivity contribution < 1.29 is 18.7 Å². The van der Waals surface area contributed by atoms with E-state index in [0.717, 1.165) is 12.0 Å². The number of aryl methyl sites for hydroxylation is 1. The molecule has 0 radical (unpaired) electrons. The van der Waals surface area contributed by atoms with Crippen molar-refractivity contribution in [3.8, 4) is 0 Å². The quantitative estimate of drug-likeness (QED) is 0.841. The fraction of sp³-hybridized carbons (Fsp3) is 0.556. The molecule has 0 saturated carbocycles. The first kappa shape index (κ1) is 16.9. The summed E-state index contributed by atoms with van der Waals surface area (Å²) in [5.41, 5.74) is 0.961. The van der Waals surface area contributed by atoms with Gasteiger partial charge >= 0.3 is 0 Å². The van der Waals surface area contributed by atoms with E-state index in [4.69, 9.17) is 4.74 Å². The van der Waals surface area contributed by atoms with Gasteiger partial charge in [-0.2, -0.15) is 0 Å². The Hall–Kier alpha value is -1.95. The molecule has 0 bridgehead atoms. The molecule has 0 aliphatic carbocycles. The molecule has 2 heterocycles. The number of benzene rings is 1. The van der Waals surface area contributed by atoms with E-state index in [1.54, 1.807) is 24.1 Å². The standard InChI is InChI=1S/C18H23FN2O3/c1-20-10-14-11-21(9-8-16(14)24-12-18(20)23)17(22)7-4-13-2-5-15(19)6-3-13/h2-3,5-6,14,16H,4,7-12H2,1H3/t14-,16-/m0/s1. The number of carbonyl (C=O) groups excluding carboxylic acids is 2. The SMILES string of the molecule is CN1C[C@H]2CN(C(=O)CCc3ccc(F)cc3)CC[C@@H]2OCC1=O. The van der Waals surface area contributed by atoms with E-state index in [1.165, 1.54) is 12.1 Å². The van der Waals surface area contributed by atoms with Crippen molar-refractivity contribution >= 4 is 11.8 Å². The molecule has 0 unspecified atom stereocenters. The van der Waals surface area contributed by atoms with E-state index in [0.29, 0.717) is 32.5 Å². The molecule has 5 nitrogen and oxygen atoms in total. The Labute approximate surface area is 141 Å². The average molecular weight is 334 g/mol. The molecule has 2 aliphatic rings. The minimum absolute atomic E-state index is 0.00131. The first-order chi connectivity index (χ1) is 11.5. The van der Waals surface area contributed by atoms with Crippen LogP contribution in [-0.4, -0.2) is 61.0 Å². The van der Waals surface area contributed by atoms with E-state index in [9.17, 15) is 14.0 Å². The molecule has 2 fully saturated rings. The van der Waals surface area contributed by atoms with Crippen molar-refractivity contribution in [3.05, 3.63) is 35.6 Å². The van der Waals surface area contributed by atoms with Gasteiger partial charge in [-0.3, -0.25) is 9.59 Å². The first-order valence-corrected chi connectivity index (χ1v) is 8.40. The zero-order chi connectivity index (χ0) is 17.1. The topological polar surface area (TPSA) is 49.9 Å². The largest absolute Gasteiger partial charge is 0.368 e. The maximum absolute atomic E-state index is 12.9. The highest BCUT2D eigenvalue weighted by Gasteiger charge is 2.35. The Morgan fingerprint density at radius 1 is 1.29 bits per heavy atom. The molecule has 0 aromatic heterocycles. The molecule has 130 valence electrons. The van der Waals surface area contributed by atoms with Crippen molar-refractivity contribution in [1.29, 1.82) is 0 Å². The van der Waals surface area contributed by atoms with Crippen LogP contribution < -0.4 is 0 Å².